The molecule has 5 heteroatoms. The molecule has 0 fully saturated rings. The number of aromatic nitrogens is 1. The number of benzene rings is 1. The van der Waals surface area contributed by atoms with Crippen molar-refractivity contribution >= 4 is 16.5 Å². The Morgan fingerprint density at radius 2 is 2.07 bits per heavy atom. The second-order valence-corrected chi connectivity index (χ2v) is 3.29. The largest absolute Gasteiger partial charge is 0.328 e. The molecule has 0 aliphatic heterocycles. The lowest BCUT2D eigenvalue weighted by Crippen LogP contribution is -2.06. The Hall–Kier alpha value is -2.17. The fourth-order valence-electron chi connectivity index (χ4n) is 1.50. The van der Waals surface area contributed by atoms with E-state index in [1.165, 1.54) is 18.2 Å². The molecule has 0 saturated heterocycles. The summed E-state index contributed by atoms with van der Waals surface area (Å²) in [7, 11) is 0. The molecule has 76 valence electrons. The smallest absolute Gasteiger partial charge is 0.270 e. The zero-order chi connectivity index (χ0) is 11.0. The molecule has 0 unspecified atom stereocenters. The van der Waals surface area contributed by atoms with Gasteiger partial charge in [0.1, 0.15) is 0 Å². The van der Waals surface area contributed by atoms with Crippen LogP contribution in [-0.2, 0) is 0 Å². The highest BCUT2D eigenvalue weighted by Crippen LogP contribution is 2.20. The summed E-state index contributed by atoms with van der Waals surface area (Å²) in [6, 6.07) is 4.22. The third-order valence-electron chi connectivity index (χ3n) is 2.30. The fourth-order valence-corrected chi connectivity index (χ4v) is 1.50. The maximum atomic E-state index is 11.4. The van der Waals surface area contributed by atoms with Gasteiger partial charge in [-0.05, 0) is 23.9 Å². The first kappa shape index (κ1) is 9.39. The summed E-state index contributed by atoms with van der Waals surface area (Å²) in [5.74, 6) is 0. The van der Waals surface area contributed by atoms with E-state index in [1.54, 1.807) is 13.1 Å². The van der Waals surface area contributed by atoms with Crippen molar-refractivity contribution in [2.24, 2.45) is 0 Å². The molecule has 1 aromatic carbocycles. The number of hydrogen-bond donors (Lipinski definition) is 1. The van der Waals surface area contributed by atoms with Gasteiger partial charge in [0.2, 0.25) is 0 Å². The minimum absolute atomic E-state index is 0.00352. The number of rotatable bonds is 1. The lowest BCUT2D eigenvalue weighted by atomic mass is 10.1. The van der Waals surface area contributed by atoms with Crippen molar-refractivity contribution in [3.8, 4) is 0 Å². The molecule has 1 aromatic heterocycles. The van der Waals surface area contributed by atoms with Gasteiger partial charge in [0.25, 0.3) is 11.2 Å². The minimum atomic E-state index is -0.472. The quantitative estimate of drug-likeness (QED) is 0.567. The van der Waals surface area contributed by atoms with Crippen molar-refractivity contribution in [3.63, 3.8) is 0 Å². The molecule has 0 aliphatic carbocycles. The van der Waals surface area contributed by atoms with Crippen LogP contribution in [0.4, 0.5) is 5.69 Å². The molecule has 1 N–H and O–H groups in total. The van der Waals surface area contributed by atoms with Crippen LogP contribution in [0.3, 0.4) is 0 Å². The van der Waals surface area contributed by atoms with E-state index in [0.717, 1.165) is 5.56 Å². The molecule has 1 heterocycles. The average molecular weight is 204 g/mol. The van der Waals surface area contributed by atoms with Crippen LogP contribution in [0.1, 0.15) is 5.56 Å². The highest BCUT2D eigenvalue weighted by Gasteiger charge is 2.08. The van der Waals surface area contributed by atoms with Crippen molar-refractivity contribution in [2.45, 2.75) is 6.92 Å². The van der Waals surface area contributed by atoms with E-state index in [0.29, 0.717) is 10.8 Å². The number of hydrogen-bond acceptors (Lipinski definition) is 3. The van der Waals surface area contributed by atoms with Crippen LogP contribution in [0.15, 0.2) is 29.2 Å². The Kier molecular flexibility index (Phi) is 2.00. The lowest BCUT2D eigenvalue weighted by molar-refractivity contribution is -0.384. The molecule has 0 spiro atoms. The normalized spacial score (nSPS) is 10.5. The summed E-state index contributed by atoms with van der Waals surface area (Å²) in [5, 5.41) is 11.7. The number of non-ortho nitro benzene ring substituents is 1. The number of nitrogens with one attached hydrogen (secondary N) is 1. The molecule has 0 aliphatic rings. The molecule has 2 aromatic rings. The van der Waals surface area contributed by atoms with Gasteiger partial charge >= 0.3 is 0 Å². The third kappa shape index (κ3) is 1.48. The van der Waals surface area contributed by atoms with E-state index in [2.05, 4.69) is 4.98 Å². The summed E-state index contributed by atoms with van der Waals surface area (Å²) in [4.78, 5) is 24.0. The zero-order valence-corrected chi connectivity index (χ0v) is 7.98. The lowest BCUT2D eigenvalue weighted by Gasteiger charge is -2.00. The van der Waals surface area contributed by atoms with Crippen molar-refractivity contribution < 1.29 is 4.92 Å². The molecule has 5 nitrogen and oxygen atoms in total. The van der Waals surface area contributed by atoms with Crippen molar-refractivity contribution in [2.75, 3.05) is 0 Å². The summed E-state index contributed by atoms with van der Waals surface area (Å²) in [6.45, 7) is 1.79. The standard InChI is InChI=1S/C10H8N2O3/c1-6-5-11-10(13)8-3-2-7(12(14)15)4-9(6)8/h2-5H,1H3,(H,11,13). The second kappa shape index (κ2) is 3.20. The van der Waals surface area contributed by atoms with Gasteiger partial charge in [-0.15, -0.1) is 0 Å². The molecule has 0 radical (unpaired) electrons. The van der Waals surface area contributed by atoms with Crippen LogP contribution >= 0.6 is 0 Å². The molecular weight excluding hydrogens is 196 g/mol. The predicted octanol–water partition coefficient (Wildman–Crippen LogP) is 1.74. The minimum Gasteiger partial charge on any atom is -0.328 e. The Labute approximate surface area is 84.5 Å². The highest BCUT2D eigenvalue weighted by molar-refractivity contribution is 5.86. The molecule has 2 rings (SSSR count). The highest BCUT2D eigenvalue weighted by atomic mass is 16.6. The molecule has 0 amide bonds. The van der Waals surface area contributed by atoms with E-state index < -0.39 is 4.92 Å². The van der Waals surface area contributed by atoms with Gasteiger partial charge in [-0.25, -0.2) is 0 Å². The van der Waals surface area contributed by atoms with Crippen LogP contribution in [0.2, 0.25) is 0 Å². The fraction of sp³-hybridized carbons (Fsp3) is 0.100. The molecule has 0 saturated carbocycles. The third-order valence-corrected chi connectivity index (χ3v) is 2.30. The van der Waals surface area contributed by atoms with Gasteiger partial charge in [-0.1, -0.05) is 0 Å². The summed E-state index contributed by atoms with van der Waals surface area (Å²) in [5.41, 5.74) is 0.579. The SMILES string of the molecule is Cc1c[nH]c(=O)c2ccc([N+](=O)[O-])cc12. The van der Waals surface area contributed by atoms with Crippen molar-refractivity contribution in [3.05, 3.63) is 50.4 Å². The number of nitrogens with zero attached hydrogens (tertiary/aromatic N) is 1. The topological polar surface area (TPSA) is 76.0 Å². The van der Waals surface area contributed by atoms with Crippen LogP contribution in [-0.4, -0.2) is 9.91 Å². The number of pyridine rings is 1. The van der Waals surface area contributed by atoms with E-state index in [1.807, 2.05) is 0 Å². The van der Waals surface area contributed by atoms with Gasteiger partial charge in [0.15, 0.2) is 0 Å². The van der Waals surface area contributed by atoms with E-state index >= 15 is 0 Å². The summed E-state index contributed by atoms with van der Waals surface area (Å²) in [6.07, 6.45) is 1.55. The Bertz CT molecular complexity index is 601. The first-order valence-electron chi connectivity index (χ1n) is 4.36. The van der Waals surface area contributed by atoms with Crippen LogP contribution in [0, 0.1) is 17.0 Å². The first-order chi connectivity index (χ1) is 7.09. The van der Waals surface area contributed by atoms with E-state index in [9.17, 15) is 14.9 Å². The summed E-state index contributed by atoms with van der Waals surface area (Å²) >= 11 is 0. The maximum Gasteiger partial charge on any atom is 0.270 e. The van der Waals surface area contributed by atoms with Crippen LogP contribution < -0.4 is 5.56 Å². The Balaban J connectivity index is 2.87. The van der Waals surface area contributed by atoms with Gasteiger partial charge < -0.3 is 4.98 Å². The Morgan fingerprint density at radius 1 is 1.33 bits per heavy atom. The molecular formula is C10H8N2O3. The van der Waals surface area contributed by atoms with E-state index in [4.69, 9.17) is 0 Å². The maximum absolute atomic E-state index is 11.4. The first-order valence-corrected chi connectivity index (χ1v) is 4.36. The summed E-state index contributed by atoms with van der Waals surface area (Å²) < 4.78 is 0. The van der Waals surface area contributed by atoms with E-state index in [-0.39, 0.29) is 11.2 Å². The monoisotopic (exact) mass is 204 g/mol. The van der Waals surface area contributed by atoms with Crippen molar-refractivity contribution in [1.82, 2.24) is 4.98 Å². The van der Waals surface area contributed by atoms with Crippen LogP contribution in [0.5, 0.6) is 0 Å². The number of nitro groups is 1. The number of aryl methyl sites for hydroxylation is 1. The van der Waals surface area contributed by atoms with Gasteiger partial charge in [0, 0.05) is 23.7 Å². The van der Waals surface area contributed by atoms with Gasteiger partial charge in [-0.3, -0.25) is 14.9 Å². The van der Waals surface area contributed by atoms with Gasteiger partial charge in [0.05, 0.1) is 4.92 Å². The number of fused-ring (bicyclic) bond motifs is 1. The molecule has 0 bridgehead atoms. The van der Waals surface area contributed by atoms with Crippen LogP contribution in [0.25, 0.3) is 10.8 Å². The molecule has 15 heavy (non-hydrogen) atoms. The molecule has 0 atom stereocenters. The Morgan fingerprint density at radius 3 is 2.73 bits per heavy atom. The predicted molar refractivity (Wildman–Crippen MR) is 56.0 cm³/mol. The number of H-pyrrole nitrogens is 1. The second-order valence-electron chi connectivity index (χ2n) is 3.29. The van der Waals surface area contributed by atoms with Crippen molar-refractivity contribution in [1.29, 1.82) is 0 Å². The van der Waals surface area contributed by atoms with Gasteiger partial charge in [-0.2, -0.15) is 0 Å². The zero-order valence-electron chi connectivity index (χ0n) is 7.98. The number of aromatic amines is 1. The average Bonchev–Trinajstić information content (AvgIpc) is 2.23. The number of nitro benzene ring substituents is 1.